The van der Waals surface area contributed by atoms with Crippen molar-refractivity contribution in [2.24, 2.45) is 13.0 Å². The Labute approximate surface area is 156 Å². The predicted molar refractivity (Wildman–Crippen MR) is 93.9 cm³/mol. The molecule has 0 amide bonds. The second kappa shape index (κ2) is 5.37. The molecule has 0 atom stereocenters. The lowest BCUT2D eigenvalue weighted by Gasteiger charge is -2.41. The molecule has 4 heterocycles. The SMILES string of the molecule is Cn1nccc1C12CC(CN1S(=O)(=O)c1c(Cl)ccc3c1OCCO3)C2. The van der Waals surface area contributed by atoms with Crippen molar-refractivity contribution < 1.29 is 17.9 Å². The van der Waals surface area contributed by atoms with E-state index in [9.17, 15) is 8.42 Å². The Morgan fingerprint density at radius 1 is 1.23 bits per heavy atom. The molecule has 7 nitrogen and oxygen atoms in total. The lowest BCUT2D eigenvalue weighted by molar-refractivity contribution is 0.154. The van der Waals surface area contributed by atoms with Gasteiger partial charge in [-0.25, -0.2) is 8.42 Å². The standard InChI is InChI=1S/C17H18ClN3O4S/c1-20-14(4-5-19-20)17-8-11(9-17)10-21(17)26(22,23)16-12(18)2-3-13-15(16)25-7-6-24-13/h2-5,11H,6-10H2,1H3. The van der Waals surface area contributed by atoms with Gasteiger partial charge in [0.05, 0.1) is 16.3 Å². The molecule has 3 fully saturated rings. The van der Waals surface area contributed by atoms with Crippen LogP contribution in [0.1, 0.15) is 18.5 Å². The number of halogens is 1. The van der Waals surface area contributed by atoms with E-state index < -0.39 is 15.6 Å². The highest BCUT2D eigenvalue weighted by Crippen LogP contribution is 2.59. The van der Waals surface area contributed by atoms with Crippen LogP contribution in [0.15, 0.2) is 29.3 Å². The summed E-state index contributed by atoms with van der Waals surface area (Å²) in [5.74, 6) is 0.989. The summed E-state index contributed by atoms with van der Waals surface area (Å²) in [5.41, 5.74) is 0.351. The van der Waals surface area contributed by atoms with E-state index in [1.165, 1.54) is 0 Å². The highest BCUT2D eigenvalue weighted by Gasteiger charge is 2.63. The predicted octanol–water partition coefficient (Wildman–Crippen LogP) is 2.15. The second-order valence-electron chi connectivity index (χ2n) is 7.08. The van der Waals surface area contributed by atoms with Crippen LogP contribution in [0.2, 0.25) is 5.02 Å². The number of aromatic nitrogens is 2. The summed E-state index contributed by atoms with van der Waals surface area (Å²) in [7, 11) is -2.02. The van der Waals surface area contributed by atoms with Gasteiger partial charge in [0.25, 0.3) is 0 Å². The highest BCUT2D eigenvalue weighted by molar-refractivity contribution is 7.89. The van der Waals surface area contributed by atoms with Gasteiger partial charge in [0.1, 0.15) is 18.1 Å². The Balaban J connectivity index is 1.66. The van der Waals surface area contributed by atoms with E-state index in [4.69, 9.17) is 21.1 Å². The van der Waals surface area contributed by atoms with Crippen molar-refractivity contribution in [3.8, 4) is 11.5 Å². The average molecular weight is 396 g/mol. The molecule has 0 N–H and O–H groups in total. The van der Waals surface area contributed by atoms with Gasteiger partial charge < -0.3 is 9.47 Å². The van der Waals surface area contributed by atoms with E-state index in [2.05, 4.69) is 5.10 Å². The monoisotopic (exact) mass is 395 g/mol. The first-order valence-electron chi connectivity index (χ1n) is 8.53. The lowest BCUT2D eigenvalue weighted by Crippen LogP contribution is -2.47. The van der Waals surface area contributed by atoms with Crippen LogP contribution < -0.4 is 9.47 Å². The third-order valence-electron chi connectivity index (χ3n) is 5.62. The molecule has 2 bridgehead atoms. The fourth-order valence-corrected chi connectivity index (χ4v) is 7.03. The van der Waals surface area contributed by atoms with E-state index in [-0.39, 0.29) is 15.7 Å². The topological polar surface area (TPSA) is 73.7 Å². The van der Waals surface area contributed by atoms with Crippen molar-refractivity contribution in [3.63, 3.8) is 0 Å². The summed E-state index contributed by atoms with van der Waals surface area (Å²) in [5, 5.41) is 4.38. The van der Waals surface area contributed by atoms with Crippen LogP contribution in [0.4, 0.5) is 0 Å². The minimum Gasteiger partial charge on any atom is -0.486 e. The molecule has 1 aliphatic carbocycles. The van der Waals surface area contributed by atoms with Gasteiger partial charge >= 0.3 is 0 Å². The molecule has 0 spiro atoms. The fourth-order valence-electron chi connectivity index (χ4n) is 4.55. The third-order valence-corrected chi connectivity index (χ3v) is 8.04. The minimum absolute atomic E-state index is 0.00506. The van der Waals surface area contributed by atoms with Crippen LogP contribution in [0.5, 0.6) is 11.5 Å². The van der Waals surface area contributed by atoms with E-state index >= 15 is 0 Å². The van der Waals surface area contributed by atoms with Crippen LogP contribution in [-0.2, 0) is 22.6 Å². The second-order valence-corrected chi connectivity index (χ2v) is 9.29. The van der Waals surface area contributed by atoms with Crippen molar-refractivity contribution in [2.75, 3.05) is 19.8 Å². The summed E-state index contributed by atoms with van der Waals surface area (Å²) in [6.07, 6.45) is 3.31. The smallest absolute Gasteiger partial charge is 0.249 e. The third kappa shape index (κ3) is 2.03. The van der Waals surface area contributed by atoms with Gasteiger partial charge in [-0.1, -0.05) is 11.6 Å². The van der Waals surface area contributed by atoms with Crippen LogP contribution in [0.3, 0.4) is 0 Å². The first-order valence-corrected chi connectivity index (χ1v) is 10.3. The molecule has 1 aromatic heterocycles. The number of hydrogen-bond donors (Lipinski definition) is 0. The zero-order chi connectivity index (χ0) is 18.1. The number of aryl methyl sites for hydroxylation is 1. The van der Waals surface area contributed by atoms with Gasteiger partial charge in [-0.2, -0.15) is 9.40 Å². The number of ether oxygens (including phenoxy) is 2. The van der Waals surface area contributed by atoms with Gasteiger partial charge in [-0.3, -0.25) is 4.68 Å². The molecular formula is C17H18ClN3O4S. The minimum atomic E-state index is -3.86. The number of fused-ring (bicyclic) bond motifs is 2. The Hall–Kier alpha value is -1.77. The Bertz CT molecular complexity index is 997. The molecule has 0 unspecified atom stereocenters. The summed E-state index contributed by atoms with van der Waals surface area (Å²) in [6.45, 7) is 1.17. The number of rotatable bonds is 3. The Morgan fingerprint density at radius 3 is 2.73 bits per heavy atom. The molecule has 3 aliphatic heterocycles. The molecule has 0 radical (unpaired) electrons. The Kier molecular flexibility index (Phi) is 3.39. The molecule has 1 saturated carbocycles. The van der Waals surface area contributed by atoms with Gasteiger partial charge in [-0.15, -0.1) is 0 Å². The molecule has 2 aromatic rings. The molecule has 4 aliphatic rings. The molecule has 26 heavy (non-hydrogen) atoms. The average Bonchev–Trinajstić information content (AvgIpc) is 3.26. The molecule has 138 valence electrons. The molecule has 1 aromatic carbocycles. The van der Waals surface area contributed by atoms with Crippen LogP contribution >= 0.6 is 11.6 Å². The largest absolute Gasteiger partial charge is 0.486 e. The van der Waals surface area contributed by atoms with Crippen molar-refractivity contribution >= 4 is 21.6 Å². The summed E-state index contributed by atoms with van der Waals surface area (Å²) in [4.78, 5) is 0.00506. The van der Waals surface area contributed by atoms with E-state index in [1.54, 1.807) is 27.3 Å². The fraction of sp³-hybridized carbons (Fsp3) is 0.471. The highest BCUT2D eigenvalue weighted by atomic mass is 35.5. The molecule has 9 heteroatoms. The van der Waals surface area contributed by atoms with Gasteiger partial charge in [0.15, 0.2) is 11.5 Å². The van der Waals surface area contributed by atoms with E-state index in [1.807, 2.05) is 13.1 Å². The summed E-state index contributed by atoms with van der Waals surface area (Å²) in [6, 6.07) is 5.10. The zero-order valence-electron chi connectivity index (χ0n) is 14.2. The maximum Gasteiger partial charge on any atom is 0.249 e. The summed E-state index contributed by atoms with van der Waals surface area (Å²) < 4.78 is 41.8. The quantitative estimate of drug-likeness (QED) is 0.796. The molecular weight excluding hydrogens is 378 g/mol. The van der Waals surface area contributed by atoms with E-state index in [0.717, 1.165) is 18.5 Å². The first-order chi connectivity index (χ1) is 12.4. The van der Waals surface area contributed by atoms with Gasteiger partial charge in [0, 0.05) is 19.8 Å². The van der Waals surface area contributed by atoms with Crippen molar-refractivity contribution in [1.82, 2.24) is 14.1 Å². The maximum atomic E-state index is 13.7. The van der Waals surface area contributed by atoms with Crippen LogP contribution in [-0.4, -0.2) is 42.3 Å². The van der Waals surface area contributed by atoms with E-state index in [0.29, 0.717) is 31.4 Å². The normalized spacial score (nSPS) is 27.4. The number of benzene rings is 1. The lowest BCUT2D eigenvalue weighted by atomic mass is 9.71. The van der Waals surface area contributed by atoms with Crippen molar-refractivity contribution in [1.29, 1.82) is 0 Å². The van der Waals surface area contributed by atoms with Crippen LogP contribution in [0, 0.1) is 5.92 Å². The van der Waals surface area contributed by atoms with Crippen LogP contribution in [0.25, 0.3) is 0 Å². The Morgan fingerprint density at radius 2 is 2.00 bits per heavy atom. The van der Waals surface area contributed by atoms with Gasteiger partial charge in [-0.05, 0) is 37.0 Å². The zero-order valence-corrected chi connectivity index (χ0v) is 15.8. The van der Waals surface area contributed by atoms with Crippen molar-refractivity contribution in [3.05, 3.63) is 35.1 Å². The summed E-state index contributed by atoms with van der Waals surface area (Å²) >= 11 is 6.33. The number of sulfonamides is 1. The van der Waals surface area contributed by atoms with Crippen molar-refractivity contribution in [2.45, 2.75) is 23.3 Å². The van der Waals surface area contributed by atoms with Gasteiger partial charge in [0.2, 0.25) is 10.0 Å². The molecule has 2 saturated heterocycles. The maximum absolute atomic E-state index is 13.7. The number of nitrogens with zero attached hydrogens (tertiary/aromatic N) is 3. The number of hydrogen-bond acceptors (Lipinski definition) is 5. The first kappa shape index (κ1) is 16.4. The molecule has 6 rings (SSSR count).